The summed E-state index contributed by atoms with van der Waals surface area (Å²) in [5.74, 6) is -0.387. The van der Waals surface area contributed by atoms with Crippen molar-refractivity contribution >= 4 is 11.9 Å². The van der Waals surface area contributed by atoms with Crippen molar-refractivity contribution in [2.24, 2.45) is 16.7 Å². The van der Waals surface area contributed by atoms with Crippen LogP contribution in [0.2, 0.25) is 0 Å². The number of carbonyl (C=O) groups is 2. The van der Waals surface area contributed by atoms with Gasteiger partial charge < -0.3 is 9.47 Å². The first kappa shape index (κ1) is 11.9. The Kier molecular flexibility index (Phi) is 2.05. The van der Waals surface area contributed by atoms with Crippen molar-refractivity contribution in [1.82, 2.24) is 0 Å². The van der Waals surface area contributed by atoms with E-state index < -0.39 is 5.41 Å². The summed E-state index contributed by atoms with van der Waals surface area (Å²) < 4.78 is 10.7. The maximum absolute atomic E-state index is 12.3. The van der Waals surface area contributed by atoms with Crippen LogP contribution in [0.1, 0.15) is 20.3 Å². The first-order chi connectivity index (χ1) is 9.45. The Balaban J connectivity index is 1.97. The Hall–Kier alpha value is -1.84. The highest BCUT2D eigenvalue weighted by atomic mass is 16.6. The summed E-state index contributed by atoms with van der Waals surface area (Å²) in [4.78, 5) is 23.9. The first-order valence-electron chi connectivity index (χ1n) is 6.94. The van der Waals surface area contributed by atoms with Gasteiger partial charge in [-0.1, -0.05) is 19.1 Å². The molecule has 104 valence electrons. The monoisotopic (exact) mass is 272 g/mol. The van der Waals surface area contributed by atoms with Crippen LogP contribution < -0.4 is 0 Å². The van der Waals surface area contributed by atoms with Gasteiger partial charge in [0.2, 0.25) is 0 Å². The number of hydrogen-bond donors (Lipinski definition) is 0. The van der Waals surface area contributed by atoms with Crippen molar-refractivity contribution < 1.29 is 19.1 Å². The molecule has 0 aromatic heterocycles. The van der Waals surface area contributed by atoms with Gasteiger partial charge in [0.05, 0.1) is 5.41 Å². The topological polar surface area (TPSA) is 52.6 Å². The van der Waals surface area contributed by atoms with E-state index in [-0.39, 0.29) is 36.0 Å². The van der Waals surface area contributed by atoms with E-state index in [0.717, 1.165) is 11.1 Å². The summed E-state index contributed by atoms with van der Waals surface area (Å²) in [6.07, 6.45) is 8.20. The highest BCUT2D eigenvalue weighted by Gasteiger charge is 2.63. The maximum atomic E-state index is 12.3. The molecule has 2 aliphatic carbocycles. The molecule has 0 spiro atoms. The molecule has 4 heteroatoms. The zero-order valence-corrected chi connectivity index (χ0v) is 11.5. The Morgan fingerprint density at radius 2 is 2.10 bits per heavy atom. The van der Waals surface area contributed by atoms with Crippen molar-refractivity contribution in [3.05, 3.63) is 35.5 Å². The molecule has 20 heavy (non-hydrogen) atoms. The number of fused-ring (bicyclic) bond motifs is 2. The number of esters is 2. The minimum atomic E-state index is -0.502. The average Bonchev–Trinajstić information content (AvgIpc) is 2.64. The van der Waals surface area contributed by atoms with Gasteiger partial charge >= 0.3 is 11.9 Å². The van der Waals surface area contributed by atoms with Crippen LogP contribution in [-0.4, -0.2) is 24.6 Å². The third kappa shape index (κ3) is 1.22. The van der Waals surface area contributed by atoms with Crippen molar-refractivity contribution in [1.29, 1.82) is 0 Å². The highest BCUT2D eigenvalue weighted by Crippen LogP contribution is 2.61. The molecule has 4 atom stereocenters. The lowest BCUT2D eigenvalue weighted by atomic mass is 9.52. The lowest BCUT2D eigenvalue weighted by molar-refractivity contribution is -0.147. The summed E-state index contributed by atoms with van der Waals surface area (Å²) in [7, 11) is 0. The fourth-order valence-electron chi connectivity index (χ4n) is 4.39. The summed E-state index contributed by atoms with van der Waals surface area (Å²) in [6, 6.07) is 0. The molecule has 0 unspecified atom stereocenters. The Morgan fingerprint density at radius 3 is 2.90 bits per heavy atom. The zero-order chi connectivity index (χ0) is 14.1. The second-order valence-corrected chi connectivity index (χ2v) is 6.51. The number of carbonyl (C=O) groups excluding carboxylic acids is 2. The second kappa shape index (κ2) is 3.43. The van der Waals surface area contributed by atoms with Gasteiger partial charge in [-0.2, -0.15) is 0 Å². The largest absolute Gasteiger partial charge is 0.458 e. The zero-order valence-electron chi connectivity index (χ0n) is 11.5. The Morgan fingerprint density at radius 1 is 1.30 bits per heavy atom. The lowest BCUT2D eigenvalue weighted by Crippen LogP contribution is -2.48. The van der Waals surface area contributed by atoms with Crippen LogP contribution in [0.4, 0.5) is 0 Å². The van der Waals surface area contributed by atoms with E-state index in [4.69, 9.17) is 9.47 Å². The Bertz CT molecular complexity index is 626. The van der Waals surface area contributed by atoms with Gasteiger partial charge in [0.1, 0.15) is 12.7 Å². The van der Waals surface area contributed by atoms with E-state index in [9.17, 15) is 9.59 Å². The molecule has 0 radical (unpaired) electrons. The summed E-state index contributed by atoms with van der Waals surface area (Å²) in [5, 5.41) is 0. The fourth-order valence-corrected chi connectivity index (χ4v) is 4.39. The molecule has 0 saturated carbocycles. The molecule has 4 nitrogen and oxygen atoms in total. The van der Waals surface area contributed by atoms with Crippen LogP contribution in [0, 0.1) is 16.7 Å². The molecule has 0 amide bonds. The predicted molar refractivity (Wildman–Crippen MR) is 70.5 cm³/mol. The van der Waals surface area contributed by atoms with Crippen molar-refractivity contribution in [2.45, 2.75) is 26.4 Å². The lowest BCUT2D eigenvalue weighted by Gasteiger charge is -2.48. The molecule has 0 aromatic carbocycles. The van der Waals surface area contributed by atoms with Gasteiger partial charge in [0, 0.05) is 17.4 Å². The van der Waals surface area contributed by atoms with E-state index in [1.807, 2.05) is 19.1 Å². The van der Waals surface area contributed by atoms with Gasteiger partial charge in [0.15, 0.2) is 0 Å². The normalized spacial score (nSPS) is 44.9. The summed E-state index contributed by atoms with van der Waals surface area (Å²) in [6.45, 7) is 4.34. The minimum Gasteiger partial charge on any atom is -0.458 e. The van der Waals surface area contributed by atoms with Crippen LogP contribution in [-0.2, 0) is 19.1 Å². The fraction of sp³-hybridized carbons (Fsp3) is 0.500. The van der Waals surface area contributed by atoms with E-state index in [0.29, 0.717) is 6.42 Å². The third-order valence-corrected chi connectivity index (χ3v) is 5.30. The summed E-state index contributed by atoms with van der Waals surface area (Å²) in [5.41, 5.74) is 1.11. The molecule has 2 aliphatic heterocycles. The van der Waals surface area contributed by atoms with Gasteiger partial charge in [-0.05, 0) is 30.6 Å². The molecular weight excluding hydrogens is 256 g/mol. The molecule has 0 bridgehead atoms. The van der Waals surface area contributed by atoms with E-state index in [1.165, 1.54) is 0 Å². The van der Waals surface area contributed by atoms with E-state index in [2.05, 4.69) is 13.0 Å². The van der Waals surface area contributed by atoms with Gasteiger partial charge in [-0.15, -0.1) is 0 Å². The molecule has 1 fully saturated rings. The van der Waals surface area contributed by atoms with Crippen molar-refractivity contribution in [2.75, 3.05) is 6.61 Å². The second-order valence-electron chi connectivity index (χ2n) is 6.51. The molecule has 4 rings (SSSR count). The maximum Gasteiger partial charge on any atom is 0.331 e. The van der Waals surface area contributed by atoms with Crippen LogP contribution in [0.3, 0.4) is 0 Å². The number of allylic oxidation sites excluding steroid dienone is 2. The smallest absolute Gasteiger partial charge is 0.331 e. The van der Waals surface area contributed by atoms with Gasteiger partial charge in [-0.25, -0.2) is 4.79 Å². The van der Waals surface area contributed by atoms with Gasteiger partial charge in [0.25, 0.3) is 0 Å². The third-order valence-electron chi connectivity index (χ3n) is 5.30. The molecule has 4 aliphatic rings. The van der Waals surface area contributed by atoms with E-state index >= 15 is 0 Å². The van der Waals surface area contributed by atoms with Crippen molar-refractivity contribution in [3.8, 4) is 0 Å². The van der Waals surface area contributed by atoms with Crippen LogP contribution >= 0.6 is 0 Å². The number of ether oxygens (including phenoxy) is 2. The number of cyclic esters (lactones) is 1. The molecule has 0 N–H and O–H groups in total. The molecule has 2 heterocycles. The number of rotatable bonds is 0. The minimum absolute atomic E-state index is 0.0494. The first-order valence-corrected chi connectivity index (χ1v) is 6.94. The van der Waals surface area contributed by atoms with Crippen LogP contribution in [0.5, 0.6) is 0 Å². The number of hydrogen-bond acceptors (Lipinski definition) is 4. The predicted octanol–water partition coefficient (Wildman–Crippen LogP) is 1.92. The van der Waals surface area contributed by atoms with Crippen LogP contribution in [0.15, 0.2) is 35.5 Å². The van der Waals surface area contributed by atoms with Crippen LogP contribution in [0.25, 0.3) is 0 Å². The molecular formula is C16H16O4. The quantitative estimate of drug-likeness (QED) is 0.499. The summed E-state index contributed by atoms with van der Waals surface area (Å²) >= 11 is 0. The Labute approximate surface area is 117 Å². The standard InChI is InChI=1S/C16H16O4/c1-15-4-3-5-16(2)13(15)11(20-14(16)18)6-9-8-19-12(17)7-10(9)15/h3-4,6-7,11,13H,5,8H2,1-2H3/t11-,13+,15-,16+/m1/s1. The highest BCUT2D eigenvalue weighted by molar-refractivity contribution is 5.87. The molecule has 1 saturated heterocycles. The average molecular weight is 272 g/mol. The SMILES string of the molecule is C[C@@]12C=CC[C@]3(C)C(=O)O[C@H](C=C4COC(=O)C=C41)[C@@H]23. The molecule has 0 aromatic rings. The van der Waals surface area contributed by atoms with Gasteiger partial charge in [-0.3, -0.25) is 4.79 Å². The van der Waals surface area contributed by atoms with E-state index in [1.54, 1.807) is 6.08 Å². The van der Waals surface area contributed by atoms with Crippen molar-refractivity contribution in [3.63, 3.8) is 0 Å².